The van der Waals surface area contributed by atoms with Crippen molar-refractivity contribution in [1.29, 1.82) is 0 Å². The second-order valence-electron chi connectivity index (χ2n) is 4.33. The van der Waals surface area contributed by atoms with E-state index in [1.165, 1.54) is 43.1 Å². The van der Waals surface area contributed by atoms with Crippen molar-refractivity contribution in [3.05, 3.63) is 29.8 Å². The predicted molar refractivity (Wildman–Crippen MR) is 72.1 cm³/mol. The Bertz CT molecular complexity index is 479. The second kappa shape index (κ2) is 7.23. The van der Waals surface area contributed by atoms with Gasteiger partial charge in [-0.05, 0) is 24.3 Å². The quantitative estimate of drug-likeness (QED) is 0.821. The van der Waals surface area contributed by atoms with E-state index >= 15 is 0 Å². The summed E-state index contributed by atoms with van der Waals surface area (Å²) in [5.41, 5.74) is 0.337. The number of amides is 1. The Hall–Kier alpha value is -1.63. The van der Waals surface area contributed by atoms with Crippen molar-refractivity contribution < 1.29 is 23.5 Å². The fourth-order valence-electron chi connectivity index (χ4n) is 1.57. The van der Waals surface area contributed by atoms with E-state index in [1.54, 1.807) is 0 Å². The molecule has 0 aliphatic carbocycles. The van der Waals surface area contributed by atoms with Crippen LogP contribution in [0.4, 0.5) is 8.78 Å². The number of alkyl halides is 2. The Labute approximate surface area is 119 Å². The molecule has 1 rings (SSSR count). The molecule has 0 fully saturated rings. The molecular formula is C13H15F2NO3S. The van der Waals surface area contributed by atoms with E-state index in [4.69, 9.17) is 5.11 Å². The summed E-state index contributed by atoms with van der Waals surface area (Å²) in [4.78, 5) is 24.4. The van der Waals surface area contributed by atoms with Crippen LogP contribution < -0.4 is 0 Å². The summed E-state index contributed by atoms with van der Waals surface area (Å²) >= 11 is 0.406. The van der Waals surface area contributed by atoms with Crippen LogP contribution in [0.1, 0.15) is 17.3 Å². The maximum absolute atomic E-state index is 12.2. The molecule has 0 saturated carbocycles. The standard InChI is InChI=1S/C13H15F2NO3S/c1-8(12(18)19)7-16(2)11(17)9-3-5-10(6-4-9)20-13(14)15/h3-6,8,13H,7H2,1-2H3,(H,18,19). The van der Waals surface area contributed by atoms with Crippen LogP contribution in [0.5, 0.6) is 0 Å². The van der Waals surface area contributed by atoms with Crippen LogP contribution in [-0.4, -0.2) is 41.2 Å². The van der Waals surface area contributed by atoms with Gasteiger partial charge in [0, 0.05) is 24.1 Å². The van der Waals surface area contributed by atoms with Gasteiger partial charge in [0.15, 0.2) is 0 Å². The largest absolute Gasteiger partial charge is 0.481 e. The highest BCUT2D eigenvalue weighted by molar-refractivity contribution is 7.99. The van der Waals surface area contributed by atoms with Crippen LogP contribution in [0.25, 0.3) is 0 Å². The van der Waals surface area contributed by atoms with Crippen LogP contribution in [0.15, 0.2) is 29.2 Å². The summed E-state index contributed by atoms with van der Waals surface area (Å²) in [6, 6.07) is 5.79. The molecule has 0 heterocycles. The first-order chi connectivity index (χ1) is 9.31. The predicted octanol–water partition coefficient (Wildman–Crippen LogP) is 2.79. The van der Waals surface area contributed by atoms with E-state index in [0.29, 0.717) is 22.2 Å². The molecule has 1 aromatic rings. The van der Waals surface area contributed by atoms with Crippen molar-refractivity contribution >= 4 is 23.6 Å². The molecule has 0 aliphatic heterocycles. The van der Waals surface area contributed by atoms with E-state index in [-0.39, 0.29) is 12.5 Å². The van der Waals surface area contributed by atoms with Gasteiger partial charge < -0.3 is 10.0 Å². The smallest absolute Gasteiger partial charge is 0.308 e. The van der Waals surface area contributed by atoms with Gasteiger partial charge in [-0.15, -0.1) is 0 Å². The molecule has 1 atom stereocenters. The molecule has 1 unspecified atom stereocenters. The maximum atomic E-state index is 12.2. The first-order valence-electron chi connectivity index (χ1n) is 5.84. The van der Waals surface area contributed by atoms with Gasteiger partial charge in [0.1, 0.15) is 0 Å². The normalized spacial score (nSPS) is 12.2. The van der Waals surface area contributed by atoms with Gasteiger partial charge in [-0.3, -0.25) is 9.59 Å². The van der Waals surface area contributed by atoms with Crippen LogP contribution in [0, 0.1) is 5.92 Å². The molecule has 0 aliphatic rings. The average molecular weight is 303 g/mol. The number of hydrogen-bond acceptors (Lipinski definition) is 3. The van der Waals surface area contributed by atoms with Gasteiger partial charge in [-0.25, -0.2) is 0 Å². The molecule has 0 bridgehead atoms. The number of carbonyl (C=O) groups is 2. The van der Waals surface area contributed by atoms with E-state index < -0.39 is 17.6 Å². The number of rotatable bonds is 6. The van der Waals surface area contributed by atoms with Crippen molar-refractivity contribution in [2.24, 2.45) is 5.92 Å². The minimum Gasteiger partial charge on any atom is -0.481 e. The molecule has 0 spiro atoms. The lowest BCUT2D eigenvalue weighted by Gasteiger charge is -2.19. The highest BCUT2D eigenvalue weighted by Gasteiger charge is 2.18. The minimum absolute atomic E-state index is 0.0850. The molecule has 4 nitrogen and oxygen atoms in total. The highest BCUT2D eigenvalue weighted by Crippen LogP contribution is 2.25. The van der Waals surface area contributed by atoms with Crippen LogP contribution in [0.3, 0.4) is 0 Å². The van der Waals surface area contributed by atoms with Crippen LogP contribution >= 0.6 is 11.8 Å². The SMILES string of the molecule is CC(CN(C)C(=O)c1ccc(SC(F)F)cc1)C(=O)O. The summed E-state index contributed by atoms with van der Waals surface area (Å²) < 4.78 is 24.3. The first-order valence-corrected chi connectivity index (χ1v) is 6.72. The number of carboxylic acids is 1. The molecule has 1 aromatic carbocycles. The molecule has 1 amide bonds. The molecule has 0 radical (unpaired) electrons. The van der Waals surface area contributed by atoms with Crippen molar-refractivity contribution in [2.75, 3.05) is 13.6 Å². The Morgan fingerprint density at radius 1 is 1.30 bits per heavy atom. The van der Waals surface area contributed by atoms with Crippen LogP contribution in [-0.2, 0) is 4.79 Å². The molecule has 0 saturated heterocycles. The third-order valence-electron chi connectivity index (χ3n) is 2.64. The van der Waals surface area contributed by atoms with Gasteiger partial charge in [0.2, 0.25) is 0 Å². The lowest BCUT2D eigenvalue weighted by Crippen LogP contribution is -2.33. The van der Waals surface area contributed by atoms with Crippen molar-refractivity contribution in [2.45, 2.75) is 17.6 Å². The average Bonchev–Trinajstić information content (AvgIpc) is 2.37. The Kier molecular flexibility index (Phi) is 5.94. The topological polar surface area (TPSA) is 57.6 Å². The number of carbonyl (C=O) groups excluding carboxylic acids is 1. The number of nitrogens with zero attached hydrogens (tertiary/aromatic N) is 1. The lowest BCUT2D eigenvalue weighted by molar-refractivity contribution is -0.141. The summed E-state index contributed by atoms with van der Waals surface area (Å²) in [7, 11) is 1.50. The Balaban J connectivity index is 2.69. The molecule has 0 aromatic heterocycles. The third kappa shape index (κ3) is 4.80. The zero-order valence-corrected chi connectivity index (χ0v) is 11.9. The highest BCUT2D eigenvalue weighted by atomic mass is 32.2. The zero-order chi connectivity index (χ0) is 15.3. The van der Waals surface area contributed by atoms with E-state index in [9.17, 15) is 18.4 Å². The van der Waals surface area contributed by atoms with Gasteiger partial charge in [0.05, 0.1) is 5.92 Å². The fraction of sp³-hybridized carbons (Fsp3) is 0.385. The first kappa shape index (κ1) is 16.4. The number of hydrogen-bond donors (Lipinski definition) is 1. The Morgan fingerprint density at radius 3 is 2.30 bits per heavy atom. The molecular weight excluding hydrogens is 288 g/mol. The number of thioether (sulfide) groups is 1. The summed E-state index contributed by atoms with van der Waals surface area (Å²) in [5, 5.41) is 8.79. The third-order valence-corrected chi connectivity index (χ3v) is 3.36. The monoisotopic (exact) mass is 303 g/mol. The minimum atomic E-state index is -2.50. The second-order valence-corrected chi connectivity index (χ2v) is 5.39. The number of benzene rings is 1. The van der Waals surface area contributed by atoms with Crippen molar-refractivity contribution in [3.63, 3.8) is 0 Å². The van der Waals surface area contributed by atoms with Crippen molar-refractivity contribution in [3.8, 4) is 0 Å². The van der Waals surface area contributed by atoms with Gasteiger partial charge in [0.25, 0.3) is 11.7 Å². The summed E-state index contributed by atoms with van der Waals surface area (Å²) in [6.07, 6.45) is 0. The van der Waals surface area contributed by atoms with Gasteiger partial charge in [-0.1, -0.05) is 18.7 Å². The lowest BCUT2D eigenvalue weighted by atomic mass is 10.1. The molecule has 1 N–H and O–H groups in total. The Morgan fingerprint density at radius 2 is 1.85 bits per heavy atom. The van der Waals surface area contributed by atoms with Gasteiger partial charge in [-0.2, -0.15) is 8.78 Å². The zero-order valence-electron chi connectivity index (χ0n) is 11.0. The summed E-state index contributed by atoms with van der Waals surface area (Å²) in [6.45, 7) is 1.59. The summed E-state index contributed by atoms with van der Waals surface area (Å²) in [5.74, 6) is -4.49. The fourth-order valence-corrected chi connectivity index (χ4v) is 2.07. The molecule has 20 heavy (non-hydrogen) atoms. The van der Waals surface area contributed by atoms with Gasteiger partial charge >= 0.3 is 5.97 Å². The van der Waals surface area contributed by atoms with E-state index in [2.05, 4.69) is 0 Å². The van der Waals surface area contributed by atoms with Crippen molar-refractivity contribution in [1.82, 2.24) is 4.90 Å². The van der Waals surface area contributed by atoms with E-state index in [0.717, 1.165) is 0 Å². The van der Waals surface area contributed by atoms with Crippen LogP contribution in [0.2, 0.25) is 0 Å². The molecule has 110 valence electrons. The number of carboxylic acid groups (broad SMARTS) is 1. The van der Waals surface area contributed by atoms with E-state index in [1.807, 2.05) is 0 Å². The number of aliphatic carboxylic acids is 1. The molecule has 7 heteroatoms. The maximum Gasteiger partial charge on any atom is 0.308 e. The number of halogens is 2.